The van der Waals surface area contributed by atoms with E-state index in [0.29, 0.717) is 0 Å². The Labute approximate surface area is 116 Å². The first kappa shape index (κ1) is 12.5. The van der Waals surface area contributed by atoms with Gasteiger partial charge in [0.25, 0.3) is 0 Å². The topological polar surface area (TPSA) is 0 Å². The molecular formula is C19H22. The summed E-state index contributed by atoms with van der Waals surface area (Å²) < 4.78 is 0. The van der Waals surface area contributed by atoms with Crippen molar-refractivity contribution >= 4 is 0 Å². The number of unbranched alkanes of at least 4 members (excludes halogenated alkanes) is 1. The molecule has 0 heteroatoms. The predicted molar refractivity (Wildman–Crippen MR) is 82.3 cm³/mol. The second-order valence-electron chi connectivity index (χ2n) is 5.73. The first-order valence-corrected chi connectivity index (χ1v) is 7.54. The minimum Gasteiger partial charge on any atom is -0.0654 e. The van der Waals surface area contributed by atoms with Crippen LogP contribution in [0, 0.1) is 5.92 Å². The molecule has 0 fully saturated rings. The van der Waals surface area contributed by atoms with Crippen LogP contribution in [0.25, 0.3) is 11.1 Å². The van der Waals surface area contributed by atoms with Crippen LogP contribution in [0.15, 0.2) is 48.5 Å². The highest BCUT2D eigenvalue weighted by molar-refractivity contribution is 5.69. The zero-order valence-corrected chi connectivity index (χ0v) is 11.7. The van der Waals surface area contributed by atoms with Gasteiger partial charge in [0.1, 0.15) is 0 Å². The molecule has 98 valence electrons. The molecule has 0 amide bonds. The Morgan fingerprint density at radius 3 is 2.58 bits per heavy atom. The summed E-state index contributed by atoms with van der Waals surface area (Å²) in [5, 5.41) is 0. The maximum absolute atomic E-state index is 2.33. The first-order valence-electron chi connectivity index (χ1n) is 7.54. The molecule has 19 heavy (non-hydrogen) atoms. The van der Waals surface area contributed by atoms with E-state index in [-0.39, 0.29) is 0 Å². The number of benzene rings is 2. The molecule has 0 N–H and O–H groups in total. The van der Waals surface area contributed by atoms with Crippen molar-refractivity contribution in [3.8, 4) is 11.1 Å². The van der Waals surface area contributed by atoms with Gasteiger partial charge in [-0.25, -0.2) is 0 Å². The Morgan fingerprint density at radius 1 is 0.947 bits per heavy atom. The summed E-state index contributed by atoms with van der Waals surface area (Å²) in [5.74, 6) is 0.875. The fourth-order valence-electron chi connectivity index (χ4n) is 3.32. The first-order chi connectivity index (χ1) is 9.38. The lowest BCUT2D eigenvalue weighted by atomic mass is 9.96. The number of fused-ring (bicyclic) bond motifs is 1. The molecule has 0 radical (unpaired) electrons. The molecule has 1 aliphatic carbocycles. The Hall–Kier alpha value is -1.56. The molecule has 0 saturated heterocycles. The summed E-state index contributed by atoms with van der Waals surface area (Å²) in [5.41, 5.74) is 6.02. The fraction of sp³-hybridized carbons (Fsp3) is 0.368. The van der Waals surface area contributed by atoms with Gasteiger partial charge in [-0.05, 0) is 47.4 Å². The molecule has 0 aliphatic heterocycles. The largest absolute Gasteiger partial charge is 0.0654 e. The van der Waals surface area contributed by atoms with E-state index in [1.54, 1.807) is 11.1 Å². The quantitative estimate of drug-likeness (QED) is 0.694. The monoisotopic (exact) mass is 250 g/mol. The Morgan fingerprint density at radius 2 is 1.79 bits per heavy atom. The van der Waals surface area contributed by atoms with Crippen molar-refractivity contribution in [1.82, 2.24) is 0 Å². The Kier molecular flexibility index (Phi) is 3.68. The van der Waals surface area contributed by atoms with Gasteiger partial charge in [0.05, 0.1) is 0 Å². The molecule has 0 spiro atoms. The highest BCUT2D eigenvalue weighted by Crippen LogP contribution is 2.36. The summed E-state index contributed by atoms with van der Waals surface area (Å²) >= 11 is 0. The zero-order valence-electron chi connectivity index (χ0n) is 11.7. The van der Waals surface area contributed by atoms with Gasteiger partial charge >= 0.3 is 0 Å². The second kappa shape index (κ2) is 5.61. The predicted octanol–water partition coefficient (Wildman–Crippen LogP) is 5.26. The van der Waals surface area contributed by atoms with E-state index in [9.17, 15) is 0 Å². The summed E-state index contributed by atoms with van der Waals surface area (Å²) in [7, 11) is 0. The molecule has 0 nitrogen and oxygen atoms in total. The molecule has 2 aromatic rings. The van der Waals surface area contributed by atoms with Gasteiger partial charge in [-0.1, -0.05) is 68.3 Å². The van der Waals surface area contributed by atoms with Crippen LogP contribution in [0.3, 0.4) is 0 Å². The molecule has 3 rings (SSSR count). The average molecular weight is 250 g/mol. The summed E-state index contributed by atoms with van der Waals surface area (Å²) in [6, 6.07) is 17.7. The zero-order chi connectivity index (χ0) is 13.1. The molecule has 1 aliphatic rings. The lowest BCUT2D eigenvalue weighted by Gasteiger charge is -2.09. The summed E-state index contributed by atoms with van der Waals surface area (Å²) in [4.78, 5) is 0. The third-order valence-corrected chi connectivity index (χ3v) is 4.33. The standard InChI is InChI=1S/C19H22/c1-2-3-8-15-13-17-11-7-12-18(19(17)14-15)16-9-5-4-6-10-16/h4-7,9-12,15H,2-3,8,13-14H2,1H3. The molecule has 1 atom stereocenters. The lowest BCUT2D eigenvalue weighted by molar-refractivity contribution is 0.489. The highest BCUT2D eigenvalue weighted by atomic mass is 14.3. The normalized spacial score (nSPS) is 17.4. The van der Waals surface area contributed by atoms with E-state index in [1.807, 2.05) is 0 Å². The molecule has 0 aromatic heterocycles. The SMILES string of the molecule is CCCCC1Cc2cccc(-c3ccccc3)c2C1. The van der Waals surface area contributed by atoms with E-state index in [2.05, 4.69) is 55.5 Å². The molecule has 1 unspecified atom stereocenters. The van der Waals surface area contributed by atoms with Crippen LogP contribution >= 0.6 is 0 Å². The van der Waals surface area contributed by atoms with Gasteiger partial charge in [-0.2, -0.15) is 0 Å². The van der Waals surface area contributed by atoms with Gasteiger partial charge in [-0.15, -0.1) is 0 Å². The van der Waals surface area contributed by atoms with Crippen molar-refractivity contribution in [2.45, 2.75) is 39.0 Å². The third-order valence-electron chi connectivity index (χ3n) is 4.33. The van der Waals surface area contributed by atoms with Crippen LogP contribution in [0.4, 0.5) is 0 Å². The van der Waals surface area contributed by atoms with Gasteiger partial charge < -0.3 is 0 Å². The second-order valence-corrected chi connectivity index (χ2v) is 5.73. The maximum Gasteiger partial charge on any atom is -0.0149 e. The van der Waals surface area contributed by atoms with Gasteiger partial charge in [-0.3, -0.25) is 0 Å². The molecular weight excluding hydrogens is 228 g/mol. The van der Waals surface area contributed by atoms with Crippen molar-refractivity contribution < 1.29 is 0 Å². The smallest absolute Gasteiger partial charge is 0.0149 e. The Balaban J connectivity index is 1.89. The van der Waals surface area contributed by atoms with Crippen molar-refractivity contribution in [1.29, 1.82) is 0 Å². The molecule has 0 heterocycles. The number of rotatable bonds is 4. The van der Waals surface area contributed by atoms with Crippen molar-refractivity contribution in [3.63, 3.8) is 0 Å². The van der Waals surface area contributed by atoms with Crippen LogP contribution in [-0.4, -0.2) is 0 Å². The number of hydrogen-bond donors (Lipinski definition) is 0. The van der Waals surface area contributed by atoms with E-state index >= 15 is 0 Å². The van der Waals surface area contributed by atoms with Crippen molar-refractivity contribution in [3.05, 3.63) is 59.7 Å². The lowest BCUT2D eigenvalue weighted by Crippen LogP contribution is -1.98. The maximum atomic E-state index is 2.33. The molecule has 0 bridgehead atoms. The van der Waals surface area contributed by atoms with E-state index in [4.69, 9.17) is 0 Å². The van der Waals surface area contributed by atoms with Crippen molar-refractivity contribution in [2.24, 2.45) is 5.92 Å². The van der Waals surface area contributed by atoms with E-state index in [1.165, 1.54) is 43.2 Å². The van der Waals surface area contributed by atoms with Gasteiger partial charge in [0.15, 0.2) is 0 Å². The van der Waals surface area contributed by atoms with Crippen molar-refractivity contribution in [2.75, 3.05) is 0 Å². The van der Waals surface area contributed by atoms with E-state index < -0.39 is 0 Å². The Bertz CT molecular complexity index is 539. The third kappa shape index (κ3) is 2.58. The molecule has 2 aromatic carbocycles. The van der Waals surface area contributed by atoms with Crippen LogP contribution in [0.5, 0.6) is 0 Å². The number of hydrogen-bond acceptors (Lipinski definition) is 0. The van der Waals surface area contributed by atoms with Crippen LogP contribution < -0.4 is 0 Å². The fourth-order valence-corrected chi connectivity index (χ4v) is 3.32. The summed E-state index contributed by atoms with van der Waals surface area (Å²) in [6.45, 7) is 2.29. The minimum absolute atomic E-state index is 0.875. The highest BCUT2D eigenvalue weighted by Gasteiger charge is 2.23. The van der Waals surface area contributed by atoms with Crippen LogP contribution in [0.1, 0.15) is 37.3 Å². The minimum atomic E-state index is 0.875. The van der Waals surface area contributed by atoms with E-state index in [0.717, 1.165) is 5.92 Å². The molecule has 0 saturated carbocycles. The van der Waals surface area contributed by atoms with Gasteiger partial charge in [0, 0.05) is 0 Å². The summed E-state index contributed by atoms with van der Waals surface area (Å²) in [6.07, 6.45) is 6.65. The van der Waals surface area contributed by atoms with Gasteiger partial charge in [0.2, 0.25) is 0 Å². The van der Waals surface area contributed by atoms with Crippen LogP contribution in [0.2, 0.25) is 0 Å². The average Bonchev–Trinajstić information content (AvgIpc) is 2.88. The van der Waals surface area contributed by atoms with Crippen LogP contribution in [-0.2, 0) is 12.8 Å².